The molecule has 1 aliphatic heterocycles. The van der Waals surface area contributed by atoms with Gasteiger partial charge in [-0.1, -0.05) is 23.8 Å². The Morgan fingerprint density at radius 1 is 1.33 bits per heavy atom. The number of amides is 1. The lowest BCUT2D eigenvalue weighted by atomic mass is 9.88. The summed E-state index contributed by atoms with van der Waals surface area (Å²) in [6, 6.07) is 11.5. The molecule has 2 aromatic rings. The smallest absolute Gasteiger partial charge is 0.251 e. The minimum Gasteiger partial charge on any atom is -0.496 e. The summed E-state index contributed by atoms with van der Waals surface area (Å²) in [5.41, 5.74) is 3.40. The van der Waals surface area contributed by atoms with Gasteiger partial charge in [0.25, 0.3) is 5.91 Å². The van der Waals surface area contributed by atoms with Crippen LogP contribution in [0.25, 0.3) is 0 Å². The van der Waals surface area contributed by atoms with Crippen molar-refractivity contribution >= 4 is 5.91 Å². The number of hydrogen-bond donors (Lipinski definition) is 1. The first-order valence-electron chi connectivity index (χ1n) is 9.21. The van der Waals surface area contributed by atoms with Gasteiger partial charge in [0.05, 0.1) is 13.2 Å². The average Bonchev–Trinajstić information content (AvgIpc) is 2.62. The lowest BCUT2D eigenvalue weighted by Gasteiger charge is -2.38. The Morgan fingerprint density at radius 2 is 2.11 bits per heavy atom. The fraction of sp³-hybridized carbons (Fsp3) is 0.348. The number of methoxy groups -OCH3 is 1. The van der Waals surface area contributed by atoms with Gasteiger partial charge in [0.2, 0.25) is 0 Å². The SMILES string of the molecule is C=CCc1cc(C(=O)N[C@@H]2CC(C)(C)Oc3ccc(C)cc32)ccc1OC. The number of rotatable bonds is 5. The normalized spacial score (nSPS) is 17.4. The second-order valence-corrected chi connectivity index (χ2v) is 7.65. The van der Waals surface area contributed by atoms with E-state index in [2.05, 4.69) is 18.0 Å². The molecule has 0 unspecified atom stereocenters. The molecule has 142 valence electrons. The van der Waals surface area contributed by atoms with Crippen molar-refractivity contribution in [3.63, 3.8) is 0 Å². The molecule has 3 rings (SSSR count). The van der Waals surface area contributed by atoms with Gasteiger partial charge in [0, 0.05) is 17.5 Å². The predicted molar refractivity (Wildman–Crippen MR) is 108 cm³/mol. The fourth-order valence-corrected chi connectivity index (χ4v) is 3.58. The molecule has 4 nitrogen and oxygen atoms in total. The van der Waals surface area contributed by atoms with E-state index in [1.54, 1.807) is 19.3 Å². The number of hydrogen-bond acceptors (Lipinski definition) is 3. The number of fused-ring (bicyclic) bond motifs is 1. The number of carbonyl (C=O) groups is 1. The van der Waals surface area contributed by atoms with Gasteiger partial charge in [-0.2, -0.15) is 0 Å². The molecule has 0 spiro atoms. The van der Waals surface area contributed by atoms with Crippen molar-refractivity contribution in [3.8, 4) is 11.5 Å². The van der Waals surface area contributed by atoms with Gasteiger partial charge < -0.3 is 14.8 Å². The molecule has 0 saturated heterocycles. The highest BCUT2D eigenvalue weighted by atomic mass is 16.5. The molecule has 2 aromatic carbocycles. The van der Waals surface area contributed by atoms with E-state index in [1.165, 1.54) is 0 Å². The fourth-order valence-electron chi connectivity index (χ4n) is 3.58. The summed E-state index contributed by atoms with van der Waals surface area (Å²) in [5, 5.41) is 3.20. The largest absolute Gasteiger partial charge is 0.496 e. The maximum atomic E-state index is 13.0. The Bertz CT molecular complexity index is 870. The standard InChI is InChI=1S/C23H27NO3/c1-6-7-16-13-17(9-11-20(16)26-5)22(25)24-19-14-23(3,4)27-21-10-8-15(2)12-18(19)21/h6,8-13,19H,1,7,14H2,2-5H3,(H,24,25)/t19-/m1/s1. The molecule has 0 aromatic heterocycles. The van der Waals surface area contributed by atoms with Crippen molar-refractivity contribution in [2.24, 2.45) is 0 Å². The van der Waals surface area contributed by atoms with Crippen LogP contribution in [0.3, 0.4) is 0 Å². The van der Waals surface area contributed by atoms with E-state index in [9.17, 15) is 4.79 Å². The molecular weight excluding hydrogens is 338 g/mol. The summed E-state index contributed by atoms with van der Waals surface area (Å²) in [6.07, 6.45) is 3.17. The van der Waals surface area contributed by atoms with E-state index in [1.807, 2.05) is 45.0 Å². The lowest BCUT2D eigenvalue weighted by Crippen LogP contribution is -2.41. The number of ether oxygens (including phenoxy) is 2. The predicted octanol–water partition coefficient (Wildman–Crippen LogP) is 4.76. The number of carbonyl (C=O) groups excluding carboxylic acids is 1. The van der Waals surface area contributed by atoms with E-state index in [-0.39, 0.29) is 17.6 Å². The van der Waals surface area contributed by atoms with Crippen molar-refractivity contribution < 1.29 is 14.3 Å². The molecule has 1 aliphatic rings. The zero-order valence-corrected chi connectivity index (χ0v) is 16.5. The molecule has 27 heavy (non-hydrogen) atoms. The van der Waals surface area contributed by atoms with Crippen LogP contribution in [-0.2, 0) is 6.42 Å². The summed E-state index contributed by atoms with van der Waals surface area (Å²) in [4.78, 5) is 13.0. The van der Waals surface area contributed by atoms with E-state index in [0.717, 1.165) is 28.2 Å². The summed E-state index contributed by atoms with van der Waals surface area (Å²) < 4.78 is 11.5. The zero-order valence-electron chi connectivity index (χ0n) is 16.5. The third-order valence-corrected chi connectivity index (χ3v) is 4.83. The summed E-state index contributed by atoms with van der Waals surface area (Å²) in [5.74, 6) is 1.50. The Balaban J connectivity index is 1.89. The second-order valence-electron chi connectivity index (χ2n) is 7.65. The molecule has 0 aliphatic carbocycles. The monoisotopic (exact) mass is 365 g/mol. The second kappa shape index (κ2) is 7.47. The highest BCUT2D eigenvalue weighted by molar-refractivity contribution is 5.95. The van der Waals surface area contributed by atoms with Gasteiger partial charge in [0.15, 0.2) is 0 Å². The van der Waals surface area contributed by atoms with Crippen LogP contribution in [0.15, 0.2) is 49.1 Å². The van der Waals surface area contributed by atoms with Crippen molar-refractivity contribution in [2.45, 2.75) is 45.3 Å². The van der Waals surface area contributed by atoms with Gasteiger partial charge in [-0.3, -0.25) is 4.79 Å². The van der Waals surface area contributed by atoms with Crippen LogP contribution < -0.4 is 14.8 Å². The van der Waals surface area contributed by atoms with Crippen LogP contribution >= 0.6 is 0 Å². The number of benzene rings is 2. The zero-order chi connectivity index (χ0) is 19.6. The third kappa shape index (κ3) is 4.16. The minimum atomic E-state index is -0.339. The highest BCUT2D eigenvalue weighted by Crippen LogP contribution is 2.40. The van der Waals surface area contributed by atoms with Gasteiger partial charge in [-0.25, -0.2) is 0 Å². The minimum absolute atomic E-state index is 0.0962. The van der Waals surface area contributed by atoms with Crippen LogP contribution in [0.1, 0.15) is 53.4 Å². The molecule has 0 radical (unpaired) electrons. The topological polar surface area (TPSA) is 47.6 Å². The maximum absolute atomic E-state index is 13.0. The first-order valence-corrected chi connectivity index (χ1v) is 9.21. The number of nitrogens with one attached hydrogen (secondary N) is 1. The van der Waals surface area contributed by atoms with Crippen molar-refractivity contribution in [1.29, 1.82) is 0 Å². The van der Waals surface area contributed by atoms with E-state index in [0.29, 0.717) is 18.4 Å². The lowest BCUT2D eigenvalue weighted by molar-refractivity contribution is 0.0619. The molecule has 1 amide bonds. The molecule has 1 heterocycles. The number of aryl methyl sites for hydroxylation is 1. The maximum Gasteiger partial charge on any atom is 0.251 e. The Morgan fingerprint density at radius 3 is 2.81 bits per heavy atom. The van der Waals surface area contributed by atoms with E-state index >= 15 is 0 Å². The van der Waals surface area contributed by atoms with Crippen LogP contribution in [0.5, 0.6) is 11.5 Å². The molecule has 0 saturated carbocycles. The summed E-state index contributed by atoms with van der Waals surface area (Å²) in [7, 11) is 1.63. The summed E-state index contributed by atoms with van der Waals surface area (Å²) >= 11 is 0. The van der Waals surface area contributed by atoms with Crippen LogP contribution in [0.2, 0.25) is 0 Å². The highest BCUT2D eigenvalue weighted by Gasteiger charge is 2.34. The van der Waals surface area contributed by atoms with Gasteiger partial charge >= 0.3 is 0 Å². The molecule has 4 heteroatoms. The number of allylic oxidation sites excluding steroid dienone is 1. The van der Waals surface area contributed by atoms with Crippen LogP contribution in [-0.4, -0.2) is 18.6 Å². The first-order chi connectivity index (χ1) is 12.8. The molecule has 1 atom stereocenters. The molecular formula is C23H27NO3. The van der Waals surface area contributed by atoms with E-state index < -0.39 is 0 Å². The molecule has 0 bridgehead atoms. The van der Waals surface area contributed by atoms with E-state index in [4.69, 9.17) is 9.47 Å². The van der Waals surface area contributed by atoms with Crippen LogP contribution in [0, 0.1) is 6.92 Å². The Kier molecular flexibility index (Phi) is 5.26. The molecule has 0 fully saturated rings. The van der Waals surface area contributed by atoms with Gasteiger partial charge in [-0.05, 0) is 57.0 Å². The van der Waals surface area contributed by atoms with Crippen molar-refractivity contribution in [1.82, 2.24) is 5.32 Å². The van der Waals surface area contributed by atoms with Crippen molar-refractivity contribution in [2.75, 3.05) is 7.11 Å². The summed E-state index contributed by atoms with van der Waals surface area (Å²) in [6.45, 7) is 9.92. The quantitative estimate of drug-likeness (QED) is 0.777. The average molecular weight is 365 g/mol. The van der Waals surface area contributed by atoms with Gasteiger partial charge in [-0.15, -0.1) is 6.58 Å². The Hall–Kier alpha value is -2.75. The third-order valence-electron chi connectivity index (χ3n) is 4.83. The van der Waals surface area contributed by atoms with Gasteiger partial charge in [0.1, 0.15) is 17.1 Å². The van der Waals surface area contributed by atoms with Crippen molar-refractivity contribution in [3.05, 3.63) is 71.3 Å². The Labute approximate surface area is 161 Å². The molecule has 1 N–H and O–H groups in total. The first kappa shape index (κ1) is 19.0. The van der Waals surface area contributed by atoms with Crippen LogP contribution in [0.4, 0.5) is 0 Å².